The van der Waals surface area contributed by atoms with Crippen molar-refractivity contribution in [2.75, 3.05) is 18.6 Å². The van der Waals surface area contributed by atoms with E-state index in [1.165, 1.54) is 0 Å². The number of para-hydroxylation sites is 1. The van der Waals surface area contributed by atoms with Crippen molar-refractivity contribution >= 4 is 17.3 Å². The molecule has 1 unspecified atom stereocenters. The second-order valence-corrected chi connectivity index (χ2v) is 5.99. The van der Waals surface area contributed by atoms with Crippen molar-refractivity contribution in [2.24, 2.45) is 5.10 Å². The molecule has 0 saturated heterocycles. The van der Waals surface area contributed by atoms with E-state index in [4.69, 9.17) is 5.26 Å². The topological polar surface area (TPSA) is 59.7 Å². The Bertz CT molecular complexity index is 795. The van der Waals surface area contributed by atoms with Crippen molar-refractivity contribution < 1.29 is 4.79 Å². The molecule has 0 aromatic heterocycles. The van der Waals surface area contributed by atoms with E-state index in [-0.39, 0.29) is 11.9 Å². The van der Waals surface area contributed by atoms with Gasteiger partial charge in [-0.15, -0.1) is 0 Å². The molecule has 0 spiro atoms. The van der Waals surface area contributed by atoms with Gasteiger partial charge in [0.15, 0.2) is 0 Å². The number of nitrogens with zero attached hydrogens (tertiary/aromatic N) is 4. The van der Waals surface area contributed by atoms with Crippen LogP contribution >= 0.6 is 0 Å². The number of hydrogen-bond acceptors (Lipinski definition) is 4. The Morgan fingerprint density at radius 1 is 1.20 bits per heavy atom. The van der Waals surface area contributed by atoms with Gasteiger partial charge in [0.25, 0.3) is 5.91 Å². The van der Waals surface area contributed by atoms with E-state index in [9.17, 15) is 4.79 Å². The van der Waals surface area contributed by atoms with Gasteiger partial charge >= 0.3 is 0 Å². The number of amides is 1. The maximum Gasteiger partial charge on any atom is 0.269 e. The second kappa shape index (κ2) is 7.63. The third-order valence-corrected chi connectivity index (χ3v) is 4.27. The first-order chi connectivity index (χ1) is 12.2. The molecule has 0 saturated carbocycles. The van der Waals surface area contributed by atoms with Crippen LogP contribution in [0.15, 0.2) is 65.8 Å². The number of hydrogen-bond donors (Lipinski definition) is 0. The van der Waals surface area contributed by atoms with Crippen molar-refractivity contribution in [2.45, 2.75) is 18.9 Å². The number of anilines is 1. The monoisotopic (exact) mass is 332 g/mol. The molecule has 0 N–H and O–H groups in total. The van der Waals surface area contributed by atoms with Gasteiger partial charge in [0.05, 0.1) is 24.2 Å². The summed E-state index contributed by atoms with van der Waals surface area (Å²) in [5, 5.41) is 15.3. The molecule has 2 aromatic carbocycles. The van der Waals surface area contributed by atoms with E-state index >= 15 is 0 Å². The van der Waals surface area contributed by atoms with Crippen LogP contribution in [0.4, 0.5) is 5.69 Å². The highest BCUT2D eigenvalue weighted by molar-refractivity contribution is 6.39. The van der Waals surface area contributed by atoms with E-state index in [0.29, 0.717) is 25.1 Å². The van der Waals surface area contributed by atoms with Crippen LogP contribution < -0.4 is 5.01 Å². The predicted molar refractivity (Wildman–Crippen MR) is 98.0 cm³/mol. The molecular weight excluding hydrogens is 312 g/mol. The largest absolute Gasteiger partial charge is 0.340 e. The van der Waals surface area contributed by atoms with Crippen LogP contribution in [-0.4, -0.2) is 30.1 Å². The van der Waals surface area contributed by atoms with Gasteiger partial charge in [-0.05, 0) is 17.7 Å². The van der Waals surface area contributed by atoms with Crippen molar-refractivity contribution in [3.05, 3.63) is 66.2 Å². The molecule has 1 aliphatic rings. The smallest absolute Gasteiger partial charge is 0.269 e. The Kier molecular flexibility index (Phi) is 5.10. The number of benzene rings is 2. The van der Waals surface area contributed by atoms with Gasteiger partial charge in [-0.2, -0.15) is 10.4 Å². The van der Waals surface area contributed by atoms with Gasteiger partial charge in [-0.1, -0.05) is 48.5 Å². The Labute approximate surface area is 147 Å². The summed E-state index contributed by atoms with van der Waals surface area (Å²) >= 11 is 0. The summed E-state index contributed by atoms with van der Waals surface area (Å²) in [7, 11) is 1.71. The van der Waals surface area contributed by atoms with Gasteiger partial charge in [0, 0.05) is 20.0 Å². The number of carbonyl (C=O) groups excluding carboxylic acids is 1. The maximum absolute atomic E-state index is 12.7. The first-order valence-electron chi connectivity index (χ1n) is 8.30. The second-order valence-electron chi connectivity index (χ2n) is 5.99. The lowest BCUT2D eigenvalue weighted by molar-refractivity contribution is -0.122. The summed E-state index contributed by atoms with van der Waals surface area (Å²) in [5.74, 6) is -0.116. The van der Waals surface area contributed by atoms with Crippen molar-refractivity contribution in [3.63, 3.8) is 0 Å². The molecule has 0 radical (unpaired) electrons. The normalized spacial score (nSPS) is 16.2. The Morgan fingerprint density at radius 2 is 1.84 bits per heavy atom. The molecule has 1 atom stereocenters. The number of carbonyl (C=O) groups is 1. The lowest BCUT2D eigenvalue weighted by Gasteiger charge is -2.23. The first kappa shape index (κ1) is 16.7. The molecule has 1 aliphatic heterocycles. The Hall–Kier alpha value is -3.13. The quantitative estimate of drug-likeness (QED) is 0.843. The minimum atomic E-state index is -0.116. The predicted octanol–water partition coefficient (Wildman–Crippen LogP) is 3.37. The average molecular weight is 332 g/mol. The number of hydrazone groups is 1. The van der Waals surface area contributed by atoms with Crippen LogP contribution in [0.2, 0.25) is 0 Å². The molecule has 1 heterocycles. The molecular formula is C20H20N4O. The van der Waals surface area contributed by atoms with Crippen LogP contribution in [0.5, 0.6) is 0 Å². The van der Waals surface area contributed by atoms with E-state index in [2.05, 4.69) is 23.3 Å². The molecule has 1 amide bonds. The zero-order chi connectivity index (χ0) is 17.6. The summed E-state index contributed by atoms with van der Waals surface area (Å²) in [6.45, 7) is 0.412. The Balaban J connectivity index is 1.89. The van der Waals surface area contributed by atoms with E-state index in [1.54, 1.807) is 11.9 Å². The van der Waals surface area contributed by atoms with E-state index < -0.39 is 0 Å². The third kappa shape index (κ3) is 3.69. The van der Waals surface area contributed by atoms with Gasteiger partial charge in [-0.3, -0.25) is 9.80 Å². The van der Waals surface area contributed by atoms with Crippen LogP contribution in [0.1, 0.15) is 24.4 Å². The van der Waals surface area contributed by atoms with Gasteiger partial charge in [0.2, 0.25) is 0 Å². The molecule has 2 aromatic rings. The molecule has 0 bridgehead atoms. The summed E-state index contributed by atoms with van der Waals surface area (Å²) in [4.78, 5) is 14.2. The molecule has 3 rings (SSSR count). The van der Waals surface area contributed by atoms with Gasteiger partial charge in [0.1, 0.15) is 5.71 Å². The lowest BCUT2D eigenvalue weighted by Crippen LogP contribution is -2.33. The highest BCUT2D eigenvalue weighted by Crippen LogP contribution is 2.35. The third-order valence-electron chi connectivity index (χ3n) is 4.27. The minimum Gasteiger partial charge on any atom is -0.340 e. The van der Waals surface area contributed by atoms with Crippen molar-refractivity contribution in [1.29, 1.82) is 5.26 Å². The van der Waals surface area contributed by atoms with Crippen LogP contribution in [0.3, 0.4) is 0 Å². The molecule has 5 nitrogen and oxygen atoms in total. The van der Waals surface area contributed by atoms with Crippen molar-refractivity contribution in [3.8, 4) is 6.07 Å². The fourth-order valence-electron chi connectivity index (χ4n) is 2.93. The molecule has 126 valence electrons. The number of rotatable bonds is 5. The number of nitriles is 1. The van der Waals surface area contributed by atoms with Gasteiger partial charge < -0.3 is 4.90 Å². The highest BCUT2D eigenvalue weighted by atomic mass is 16.2. The van der Waals surface area contributed by atoms with E-state index in [0.717, 1.165) is 11.3 Å². The van der Waals surface area contributed by atoms with Crippen LogP contribution in [-0.2, 0) is 4.79 Å². The summed E-state index contributed by atoms with van der Waals surface area (Å²) in [5.41, 5.74) is 2.61. The first-order valence-corrected chi connectivity index (χ1v) is 8.30. The van der Waals surface area contributed by atoms with Crippen LogP contribution in [0.25, 0.3) is 0 Å². The summed E-state index contributed by atoms with van der Waals surface area (Å²) in [6.07, 6.45) is 0.870. The molecule has 0 fully saturated rings. The average Bonchev–Trinajstić information content (AvgIpc) is 3.12. The summed E-state index contributed by atoms with van der Waals surface area (Å²) < 4.78 is 0. The molecule has 5 heteroatoms. The summed E-state index contributed by atoms with van der Waals surface area (Å²) in [6, 6.07) is 22.0. The fourth-order valence-corrected chi connectivity index (χ4v) is 2.93. The zero-order valence-corrected chi connectivity index (χ0v) is 14.2. The fraction of sp³-hybridized carbons (Fsp3) is 0.250. The highest BCUT2D eigenvalue weighted by Gasteiger charge is 2.33. The molecule has 0 aliphatic carbocycles. The Morgan fingerprint density at radius 3 is 2.48 bits per heavy atom. The minimum absolute atomic E-state index is 0.00748. The lowest BCUT2D eigenvalue weighted by atomic mass is 10.0. The van der Waals surface area contributed by atoms with Crippen molar-refractivity contribution in [1.82, 2.24) is 4.90 Å². The standard InChI is InChI=1S/C20H20N4O/c1-23(14-8-13-21)20(25)18-15-19(16-9-4-2-5-10-16)24(22-18)17-11-6-3-7-12-17/h2-7,9-12,19H,8,14-15H2,1H3. The maximum atomic E-state index is 12.7. The van der Waals surface area contributed by atoms with E-state index in [1.807, 2.05) is 53.5 Å². The SMILES string of the molecule is CN(CCC#N)C(=O)C1=NN(c2ccccc2)C(c2ccccc2)C1. The zero-order valence-electron chi connectivity index (χ0n) is 14.2. The van der Waals surface area contributed by atoms with Crippen LogP contribution in [0, 0.1) is 11.3 Å². The molecule has 25 heavy (non-hydrogen) atoms. The van der Waals surface area contributed by atoms with Gasteiger partial charge in [-0.25, -0.2) is 0 Å².